The maximum atomic E-state index is 5.23. The van der Waals surface area contributed by atoms with E-state index < -0.39 is 0 Å². The minimum absolute atomic E-state index is 0.318. The van der Waals surface area contributed by atoms with Gasteiger partial charge in [-0.05, 0) is 65.7 Å². The van der Waals surface area contributed by atoms with Crippen LogP contribution in [0.3, 0.4) is 0 Å². The molecule has 0 spiro atoms. The number of rotatable bonds is 3. The Bertz CT molecular complexity index is 691. The molecule has 3 saturated carbocycles. The molecule has 3 fully saturated rings. The summed E-state index contributed by atoms with van der Waals surface area (Å²) in [6.07, 6.45) is 4.54. The highest BCUT2D eigenvalue weighted by Crippen LogP contribution is 2.59. The summed E-state index contributed by atoms with van der Waals surface area (Å²) in [6, 6.07) is 8.15. The zero-order chi connectivity index (χ0) is 17.3. The van der Waals surface area contributed by atoms with Gasteiger partial charge in [-0.1, -0.05) is 26.0 Å². The number of nitrogens with zero attached hydrogens (tertiary/aromatic N) is 1. The number of nitrogens with one attached hydrogen (secondary N) is 2. The molecule has 0 amide bonds. The molecule has 2 N–H and O–H groups in total. The van der Waals surface area contributed by atoms with Crippen molar-refractivity contribution in [2.75, 3.05) is 14.2 Å². The number of allylic oxidation sites excluding steroid dienone is 1. The molecule has 1 aromatic rings. The van der Waals surface area contributed by atoms with E-state index in [9.17, 15) is 0 Å². The van der Waals surface area contributed by atoms with Gasteiger partial charge >= 0.3 is 0 Å². The monoisotopic (exact) mass is 343 g/mol. The van der Waals surface area contributed by atoms with Crippen LogP contribution >= 0.6 is 12.2 Å². The molecular formula is C19H25N3OS. The van der Waals surface area contributed by atoms with Crippen molar-refractivity contribution < 1.29 is 4.74 Å². The van der Waals surface area contributed by atoms with E-state index in [0.29, 0.717) is 16.4 Å². The Hall–Kier alpha value is -1.88. The van der Waals surface area contributed by atoms with E-state index in [1.165, 1.54) is 17.6 Å². The molecule has 0 saturated heterocycles. The number of benzene rings is 1. The van der Waals surface area contributed by atoms with E-state index in [4.69, 9.17) is 17.0 Å². The normalized spacial score (nSPS) is 27.5. The summed E-state index contributed by atoms with van der Waals surface area (Å²) in [6.45, 7) is 4.70. The van der Waals surface area contributed by atoms with Gasteiger partial charge in [-0.2, -0.15) is 5.10 Å². The summed E-state index contributed by atoms with van der Waals surface area (Å²) in [7, 11) is 3.49. The van der Waals surface area contributed by atoms with Crippen LogP contribution in [0.5, 0.6) is 5.75 Å². The quantitative estimate of drug-likeness (QED) is 0.650. The summed E-state index contributed by atoms with van der Waals surface area (Å²) < 4.78 is 5.23. The van der Waals surface area contributed by atoms with Gasteiger partial charge in [0, 0.05) is 13.0 Å². The van der Waals surface area contributed by atoms with E-state index in [1.54, 1.807) is 14.2 Å². The van der Waals surface area contributed by atoms with Gasteiger partial charge < -0.3 is 10.1 Å². The zero-order valence-electron chi connectivity index (χ0n) is 14.7. The third-order valence-corrected chi connectivity index (χ3v) is 5.85. The van der Waals surface area contributed by atoms with Crippen molar-refractivity contribution in [3.8, 4) is 5.75 Å². The van der Waals surface area contributed by atoms with Crippen LogP contribution in [0.2, 0.25) is 0 Å². The molecule has 2 atom stereocenters. The van der Waals surface area contributed by atoms with Gasteiger partial charge in [0.05, 0.1) is 12.8 Å². The predicted molar refractivity (Wildman–Crippen MR) is 103 cm³/mol. The van der Waals surface area contributed by atoms with Gasteiger partial charge in [-0.15, -0.1) is 0 Å². The maximum absolute atomic E-state index is 5.23. The van der Waals surface area contributed by atoms with Gasteiger partial charge in [-0.3, -0.25) is 5.43 Å². The summed E-state index contributed by atoms with van der Waals surface area (Å²) in [4.78, 5) is 0. The van der Waals surface area contributed by atoms with Crippen molar-refractivity contribution in [2.45, 2.75) is 26.7 Å². The molecule has 1 aromatic carbocycles. The first-order valence-electron chi connectivity index (χ1n) is 8.36. The molecule has 4 nitrogen and oxygen atoms in total. The first-order valence-corrected chi connectivity index (χ1v) is 8.76. The zero-order valence-corrected chi connectivity index (χ0v) is 15.5. The largest absolute Gasteiger partial charge is 0.497 e. The summed E-state index contributed by atoms with van der Waals surface area (Å²) in [5.74, 6) is 2.11. The lowest BCUT2D eigenvalue weighted by atomic mass is 9.47. The fourth-order valence-corrected chi connectivity index (χ4v) is 3.82. The molecule has 3 aliphatic carbocycles. The Morgan fingerprint density at radius 2 is 2.04 bits per heavy atom. The van der Waals surface area contributed by atoms with Gasteiger partial charge in [-0.25, -0.2) is 0 Å². The van der Waals surface area contributed by atoms with Crippen LogP contribution in [0, 0.1) is 17.3 Å². The molecule has 2 bridgehead atoms. The van der Waals surface area contributed by atoms with Gasteiger partial charge in [0.15, 0.2) is 5.11 Å². The van der Waals surface area contributed by atoms with Crippen LogP contribution in [0.15, 0.2) is 34.9 Å². The molecule has 24 heavy (non-hydrogen) atoms. The standard InChI is InChI=1S/C19H25N3OS/c1-19(2)14-10-13(9-12-5-7-15(23-4)8-6-12)17(16(19)11-14)21-22-18(24)20-3/h5-9,14,16H,10-11H2,1-4H3,(H2,20,22,24)/b13-9+,21-17+. The highest BCUT2D eigenvalue weighted by Gasteiger charge is 2.54. The third kappa shape index (κ3) is 3.05. The molecule has 0 aromatic heterocycles. The van der Waals surface area contributed by atoms with Crippen molar-refractivity contribution in [1.29, 1.82) is 0 Å². The summed E-state index contributed by atoms with van der Waals surface area (Å²) in [5, 5.41) is 8.11. The lowest BCUT2D eigenvalue weighted by Gasteiger charge is -2.57. The van der Waals surface area contributed by atoms with Crippen LogP contribution in [0.25, 0.3) is 6.08 Å². The lowest BCUT2D eigenvalue weighted by molar-refractivity contribution is 0.0141. The number of methoxy groups -OCH3 is 1. The lowest BCUT2D eigenvalue weighted by Crippen LogP contribution is -2.54. The fraction of sp³-hybridized carbons (Fsp3) is 0.474. The van der Waals surface area contributed by atoms with Crippen LogP contribution in [0.4, 0.5) is 0 Å². The van der Waals surface area contributed by atoms with Gasteiger partial charge in [0.25, 0.3) is 0 Å². The molecular weight excluding hydrogens is 318 g/mol. The van der Waals surface area contributed by atoms with Gasteiger partial charge in [0.2, 0.25) is 0 Å². The number of hydrogen-bond acceptors (Lipinski definition) is 3. The number of thiocarbonyl (C=S) groups is 1. The fourth-order valence-electron chi connectivity index (χ4n) is 3.77. The van der Waals surface area contributed by atoms with E-state index in [-0.39, 0.29) is 0 Å². The van der Waals surface area contributed by atoms with E-state index >= 15 is 0 Å². The average Bonchev–Trinajstić information content (AvgIpc) is 2.60. The minimum atomic E-state index is 0.318. The SMILES string of the molecule is CNC(=S)N/N=C1\C(=C\c2ccc(OC)cc2)CC2CC1C2(C)C. The molecule has 0 aliphatic heterocycles. The van der Waals surface area contributed by atoms with E-state index in [0.717, 1.165) is 23.8 Å². The molecule has 2 unspecified atom stereocenters. The number of ether oxygens (including phenoxy) is 1. The Morgan fingerprint density at radius 1 is 1.33 bits per heavy atom. The number of hydrazone groups is 1. The number of fused-ring (bicyclic) bond motifs is 2. The van der Waals surface area contributed by atoms with Crippen molar-refractivity contribution in [2.24, 2.45) is 22.4 Å². The van der Waals surface area contributed by atoms with Crippen LogP contribution in [0.1, 0.15) is 32.3 Å². The minimum Gasteiger partial charge on any atom is -0.497 e. The van der Waals surface area contributed by atoms with E-state index in [1.807, 2.05) is 12.1 Å². The molecule has 4 rings (SSSR count). The first kappa shape index (κ1) is 17.0. The Morgan fingerprint density at radius 3 is 2.62 bits per heavy atom. The highest BCUT2D eigenvalue weighted by molar-refractivity contribution is 7.80. The van der Waals surface area contributed by atoms with Crippen LogP contribution < -0.4 is 15.5 Å². The Balaban J connectivity index is 1.89. The predicted octanol–water partition coefficient (Wildman–Crippen LogP) is 3.59. The van der Waals surface area contributed by atoms with Crippen molar-refractivity contribution in [1.82, 2.24) is 10.7 Å². The first-order chi connectivity index (χ1) is 11.5. The second-order valence-corrected chi connectivity index (χ2v) is 7.55. The van der Waals surface area contributed by atoms with Crippen molar-refractivity contribution in [3.05, 3.63) is 35.4 Å². The second kappa shape index (κ2) is 6.55. The second-order valence-electron chi connectivity index (χ2n) is 7.14. The smallest absolute Gasteiger partial charge is 0.186 e. The third-order valence-electron chi connectivity index (χ3n) is 5.56. The van der Waals surface area contributed by atoms with E-state index in [2.05, 4.69) is 47.9 Å². The molecule has 3 aliphatic rings. The highest BCUT2D eigenvalue weighted by atomic mass is 32.1. The van der Waals surface area contributed by atoms with Crippen LogP contribution in [-0.4, -0.2) is 25.0 Å². The molecule has 0 radical (unpaired) electrons. The topological polar surface area (TPSA) is 45.7 Å². The van der Waals surface area contributed by atoms with Gasteiger partial charge in [0.1, 0.15) is 5.75 Å². The summed E-state index contributed by atoms with van der Waals surface area (Å²) in [5.41, 5.74) is 6.93. The van der Waals surface area contributed by atoms with Crippen LogP contribution in [-0.2, 0) is 0 Å². The molecule has 0 heterocycles. The van der Waals surface area contributed by atoms with Crippen molar-refractivity contribution >= 4 is 29.1 Å². The molecule has 5 heteroatoms. The Labute approximate surface area is 149 Å². The van der Waals surface area contributed by atoms with Crippen molar-refractivity contribution in [3.63, 3.8) is 0 Å². The average molecular weight is 343 g/mol. The maximum Gasteiger partial charge on any atom is 0.186 e. The summed E-state index contributed by atoms with van der Waals surface area (Å²) >= 11 is 5.17. The Kier molecular flexibility index (Phi) is 4.63. The molecule has 128 valence electrons. The number of hydrogen-bond donors (Lipinski definition) is 2.